The number of oxazole rings is 1. The summed E-state index contributed by atoms with van der Waals surface area (Å²) in [5.74, 6) is -0.665. The lowest BCUT2D eigenvalue weighted by Crippen LogP contribution is -2.36. The summed E-state index contributed by atoms with van der Waals surface area (Å²) in [5.41, 5.74) is 1.08. The van der Waals surface area contributed by atoms with Crippen molar-refractivity contribution in [1.82, 2.24) is 9.88 Å². The molecule has 6 nitrogen and oxygen atoms in total. The van der Waals surface area contributed by atoms with Gasteiger partial charge in [-0.3, -0.25) is 9.36 Å². The molecule has 2 atom stereocenters. The average molecular weight is 290 g/mol. The van der Waals surface area contributed by atoms with Crippen LogP contribution >= 0.6 is 0 Å². The van der Waals surface area contributed by atoms with Crippen LogP contribution in [0.1, 0.15) is 19.3 Å². The van der Waals surface area contributed by atoms with Crippen molar-refractivity contribution in [2.45, 2.75) is 31.9 Å². The summed E-state index contributed by atoms with van der Waals surface area (Å²) in [4.78, 5) is 23.7. The number of para-hydroxylation sites is 2. The molecule has 1 aliphatic carbocycles. The van der Waals surface area contributed by atoms with E-state index in [2.05, 4.69) is 5.32 Å². The van der Waals surface area contributed by atoms with Crippen molar-refractivity contribution in [3.05, 3.63) is 34.8 Å². The molecule has 1 aromatic heterocycles. The fraction of sp³-hybridized carbons (Fsp3) is 0.467. The Morgan fingerprint density at radius 1 is 1.38 bits per heavy atom. The summed E-state index contributed by atoms with van der Waals surface area (Å²) in [5, 5.41) is 12.5. The molecular weight excluding hydrogens is 272 g/mol. The molecule has 6 heteroatoms. The Hall–Kier alpha value is -2.08. The maximum absolute atomic E-state index is 12.0. The van der Waals surface area contributed by atoms with Crippen molar-refractivity contribution in [3.8, 4) is 0 Å². The number of aliphatic hydroxyl groups excluding tert-OH is 1. The second-order valence-electron chi connectivity index (χ2n) is 5.48. The van der Waals surface area contributed by atoms with Crippen LogP contribution in [0.25, 0.3) is 11.1 Å². The number of nitrogens with one attached hydrogen (secondary N) is 1. The predicted molar refractivity (Wildman–Crippen MR) is 76.8 cm³/mol. The Labute approximate surface area is 121 Å². The number of fused-ring (bicyclic) bond motifs is 1. The number of hydrogen-bond donors (Lipinski definition) is 2. The van der Waals surface area contributed by atoms with Gasteiger partial charge in [0.05, 0.1) is 11.6 Å². The van der Waals surface area contributed by atoms with Gasteiger partial charge in [0.2, 0.25) is 5.91 Å². The molecule has 0 radical (unpaired) electrons. The van der Waals surface area contributed by atoms with Gasteiger partial charge in [0.1, 0.15) is 6.54 Å². The lowest BCUT2D eigenvalue weighted by atomic mass is 10.1. The zero-order chi connectivity index (χ0) is 14.8. The number of carbonyl (C=O) groups is 1. The first kappa shape index (κ1) is 13.9. The van der Waals surface area contributed by atoms with Crippen LogP contribution in [-0.4, -0.2) is 28.2 Å². The highest BCUT2D eigenvalue weighted by atomic mass is 16.4. The van der Waals surface area contributed by atoms with Crippen LogP contribution in [0.3, 0.4) is 0 Å². The number of aliphatic hydroxyl groups is 1. The molecule has 0 aliphatic heterocycles. The lowest BCUT2D eigenvalue weighted by Gasteiger charge is -2.15. The lowest BCUT2D eigenvalue weighted by molar-refractivity contribution is -0.122. The van der Waals surface area contributed by atoms with Crippen molar-refractivity contribution in [2.75, 3.05) is 6.54 Å². The first-order chi connectivity index (χ1) is 10.1. The summed E-state index contributed by atoms with van der Waals surface area (Å²) in [7, 11) is 0. The molecule has 1 amide bonds. The fourth-order valence-electron chi connectivity index (χ4n) is 2.86. The Morgan fingerprint density at radius 2 is 2.19 bits per heavy atom. The molecule has 3 rings (SSSR count). The van der Waals surface area contributed by atoms with Gasteiger partial charge in [0.15, 0.2) is 5.58 Å². The molecule has 21 heavy (non-hydrogen) atoms. The van der Waals surface area contributed by atoms with Crippen molar-refractivity contribution in [3.63, 3.8) is 0 Å². The topological polar surface area (TPSA) is 84.5 Å². The van der Waals surface area contributed by atoms with Crippen LogP contribution in [0.15, 0.2) is 33.5 Å². The third kappa shape index (κ3) is 2.85. The van der Waals surface area contributed by atoms with Crippen LogP contribution in [-0.2, 0) is 11.3 Å². The van der Waals surface area contributed by atoms with Crippen LogP contribution in [0.5, 0.6) is 0 Å². The van der Waals surface area contributed by atoms with Gasteiger partial charge in [0, 0.05) is 12.5 Å². The third-order valence-electron chi connectivity index (χ3n) is 4.06. The standard InChI is InChI=1S/C15H18N2O4/c18-12-6-3-4-10(12)8-16-14(19)9-17-11-5-1-2-7-13(11)21-15(17)20/h1-2,5,7,10,12,18H,3-4,6,8-9H2,(H,16,19). The highest BCUT2D eigenvalue weighted by Gasteiger charge is 2.25. The van der Waals surface area contributed by atoms with E-state index in [0.29, 0.717) is 17.6 Å². The van der Waals surface area contributed by atoms with Crippen molar-refractivity contribution >= 4 is 17.0 Å². The first-order valence-electron chi connectivity index (χ1n) is 7.18. The number of benzene rings is 1. The van der Waals surface area contributed by atoms with Gasteiger partial charge < -0.3 is 14.8 Å². The van der Waals surface area contributed by atoms with Crippen LogP contribution in [0.4, 0.5) is 0 Å². The van der Waals surface area contributed by atoms with Crippen molar-refractivity contribution in [1.29, 1.82) is 0 Å². The summed E-state index contributed by atoms with van der Waals surface area (Å²) < 4.78 is 6.40. The number of nitrogens with zero attached hydrogens (tertiary/aromatic N) is 1. The maximum Gasteiger partial charge on any atom is 0.420 e. The smallest absolute Gasteiger partial charge is 0.408 e. The van der Waals surface area contributed by atoms with E-state index < -0.39 is 5.76 Å². The third-order valence-corrected chi connectivity index (χ3v) is 4.06. The second-order valence-corrected chi connectivity index (χ2v) is 5.48. The van der Waals surface area contributed by atoms with Crippen LogP contribution in [0, 0.1) is 5.92 Å². The van der Waals surface area contributed by atoms with Crippen molar-refractivity contribution < 1.29 is 14.3 Å². The van der Waals surface area contributed by atoms with Gasteiger partial charge >= 0.3 is 5.76 Å². The summed E-state index contributed by atoms with van der Waals surface area (Å²) in [6, 6.07) is 7.01. The number of amides is 1. The monoisotopic (exact) mass is 290 g/mol. The van der Waals surface area contributed by atoms with Gasteiger partial charge in [-0.1, -0.05) is 18.6 Å². The Bertz CT molecular complexity index is 703. The van der Waals surface area contributed by atoms with Gasteiger partial charge in [0.25, 0.3) is 0 Å². The highest BCUT2D eigenvalue weighted by Crippen LogP contribution is 2.24. The first-order valence-corrected chi connectivity index (χ1v) is 7.18. The minimum atomic E-state index is -0.535. The minimum absolute atomic E-state index is 0.0708. The van der Waals surface area contributed by atoms with Gasteiger partial charge in [-0.15, -0.1) is 0 Å². The molecule has 2 unspecified atom stereocenters. The summed E-state index contributed by atoms with van der Waals surface area (Å²) in [6.45, 7) is 0.378. The number of rotatable bonds is 4. The zero-order valence-corrected chi connectivity index (χ0v) is 11.6. The van der Waals surface area contributed by atoms with Crippen LogP contribution in [0.2, 0.25) is 0 Å². The molecular formula is C15H18N2O4. The molecule has 1 aromatic carbocycles. The fourth-order valence-corrected chi connectivity index (χ4v) is 2.86. The van der Waals surface area contributed by atoms with E-state index in [9.17, 15) is 14.7 Å². The zero-order valence-electron chi connectivity index (χ0n) is 11.6. The van der Waals surface area contributed by atoms with E-state index in [1.807, 2.05) is 0 Å². The van der Waals surface area contributed by atoms with Crippen LogP contribution < -0.4 is 11.1 Å². The van der Waals surface area contributed by atoms with E-state index in [0.717, 1.165) is 19.3 Å². The minimum Gasteiger partial charge on any atom is -0.408 e. The van der Waals surface area contributed by atoms with Gasteiger partial charge in [-0.2, -0.15) is 0 Å². The molecule has 2 aromatic rings. The van der Waals surface area contributed by atoms with Gasteiger partial charge in [-0.25, -0.2) is 4.79 Å². The molecule has 1 heterocycles. The SMILES string of the molecule is O=C(Cn1c(=O)oc2ccccc21)NCC1CCCC1O. The maximum atomic E-state index is 12.0. The van der Waals surface area contributed by atoms with E-state index in [-0.39, 0.29) is 24.5 Å². The molecule has 2 N–H and O–H groups in total. The quantitative estimate of drug-likeness (QED) is 0.875. The normalized spacial score (nSPS) is 21.8. The molecule has 1 fully saturated rings. The molecule has 1 aliphatic rings. The Balaban J connectivity index is 1.66. The molecule has 0 bridgehead atoms. The number of hydrogen-bond acceptors (Lipinski definition) is 4. The highest BCUT2D eigenvalue weighted by molar-refractivity contribution is 5.79. The second kappa shape index (κ2) is 5.73. The largest absolute Gasteiger partial charge is 0.420 e. The number of aromatic nitrogens is 1. The predicted octanol–water partition coefficient (Wildman–Crippen LogP) is 0.872. The Morgan fingerprint density at radius 3 is 2.95 bits per heavy atom. The average Bonchev–Trinajstić information content (AvgIpc) is 3.01. The summed E-state index contributed by atoms with van der Waals surface area (Å²) in [6.07, 6.45) is 2.39. The Kier molecular flexibility index (Phi) is 3.79. The molecule has 1 saturated carbocycles. The molecule has 0 spiro atoms. The molecule has 112 valence electrons. The van der Waals surface area contributed by atoms with Crippen molar-refractivity contribution in [2.24, 2.45) is 5.92 Å². The summed E-state index contributed by atoms with van der Waals surface area (Å²) >= 11 is 0. The van der Waals surface area contributed by atoms with E-state index in [1.54, 1.807) is 24.3 Å². The van der Waals surface area contributed by atoms with E-state index in [1.165, 1.54) is 4.57 Å². The van der Waals surface area contributed by atoms with Gasteiger partial charge in [-0.05, 0) is 25.0 Å². The van der Waals surface area contributed by atoms with E-state index in [4.69, 9.17) is 4.42 Å². The number of carbonyl (C=O) groups excluding carboxylic acids is 1. The van der Waals surface area contributed by atoms with E-state index >= 15 is 0 Å². The molecule has 0 saturated heterocycles.